The molecule has 6 nitrogen and oxygen atoms in total. The molecule has 2 heterocycles. The van der Waals surface area contributed by atoms with Gasteiger partial charge in [0.1, 0.15) is 11.6 Å². The van der Waals surface area contributed by atoms with Gasteiger partial charge in [0.2, 0.25) is 5.88 Å². The summed E-state index contributed by atoms with van der Waals surface area (Å²) in [5.74, 6) is 1.94. The lowest BCUT2D eigenvalue weighted by atomic mass is 10.2. The molecule has 0 saturated carbocycles. The van der Waals surface area contributed by atoms with Crippen LogP contribution >= 0.6 is 0 Å². The van der Waals surface area contributed by atoms with E-state index in [-0.39, 0.29) is 0 Å². The summed E-state index contributed by atoms with van der Waals surface area (Å²) in [6.07, 6.45) is 9.75. The Kier molecular flexibility index (Phi) is 3.97. The van der Waals surface area contributed by atoms with Gasteiger partial charge in [-0.3, -0.25) is 9.97 Å². The Morgan fingerprint density at radius 3 is 2.29 bits per heavy atom. The van der Waals surface area contributed by atoms with Crippen molar-refractivity contribution >= 4 is 5.82 Å². The highest BCUT2D eigenvalue weighted by Crippen LogP contribution is 2.18. The van der Waals surface area contributed by atoms with E-state index in [1.807, 2.05) is 24.3 Å². The van der Waals surface area contributed by atoms with Gasteiger partial charge in [0.15, 0.2) is 0 Å². The Labute approximate surface area is 121 Å². The first kappa shape index (κ1) is 13.0. The van der Waals surface area contributed by atoms with E-state index in [0.717, 1.165) is 17.1 Å². The summed E-state index contributed by atoms with van der Waals surface area (Å²) in [6.45, 7) is 0.671. The van der Waals surface area contributed by atoms with Crippen molar-refractivity contribution < 1.29 is 4.74 Å². The Morgan fingerprint density at radius 2 is 1.62 bits per heavy atom. The van der Waals surface area contributed by atoms with E-state index >= 15 is 0 Å². The first-order valence-electron chi connectivity index (χ1n) is 6.43. The molecule has 0 spiro atoms. The van der Waals surface area contributed by atoms with Gasteiger partial charge in [-0.2, -0.15) is 0 Å². The van der Waals surface area contributed by atoms with Gasteiger partial charge in [0.25, 0.3) is 0 Å². The number of anilines is 1. The van der Waals surface area contributed by atoms with Gasteiger partial charge in [0.05, 0.1) is 12.4 Å². The topological polar surface area (TPSA) is 72.8 Å². The van der Waals surface area contributed by atoms with Crippen LogP contribution < -0.4 is 10.1 Å². The third-order valence-corrected chi connectivity index (χ3v) is 2.72. The van der Waals surface area contributed by atoms with Crippen LogP contribution in [0.25, 0.3) is 0 Å². The molecule has 6 heteroatoms. The standard InChI is InChI=1S/C15H13N5O/c1-3-13(21-15-11-17-6-8-19-15)4-2-12(1)9-20-14-10-16-5-7-18-14/h1-8,10-11H,9H2,(H,18,20). The molecule has 0 radical (unpaired) electrons. The Morgan fingerprint density at radius 1 is 0.857 bits per heavy atom. The summed E-state index contributed by atoms with van der Waals surface area (Å²) < 4.78 is 5.58. The molecule has 0 aliphatic heterocycles. The third-order valence-electron chi connectivity index (χ3n) is 2.72. The van der Waals surface area contributed by atoms with Crippen LogP contribution in [0.4, 0.5) is 5.82 Å². The summed E-state index contributed by atoms with van der Waals surface area (Å²) in [5, 5.41) is 3.19. The predicted molar refractivity (Wildman–Crippen MR) is 77.9 cm³/mol. The van der Waals surface area contributed by atoms with Crippen LogP contribution in [0.3, 0.4) is 0 Å². The van der Waals surface area contributed by atoms with Crippen LogP contribution in [0, 0.1) is 0 Å². The van der Waals surface area contributed by atoms with E-state index in [0.29, 0.717) is 12.4 Å². The van der Waals surface area contributed by atoms with Crippen molar-refractivity contribution in [2.24, 2.45) is 0 Å². The SMILES string of the molecule is c1cnc(NCc2ccc(Oc3cnccn3)cc2)cn1. The second kappa shape index (κ2) is 6.42. The molecule has 1 aromatic carbocycles. The summed E-state index contributed by atoms with van der Waals surface area (Å²) in [4.78, 5) is 16.2. The largest absolute Gasteiger partial charge is 0.438 e. The number of nitrogens with zero attached hydrogens (tertiary/aromatic N) is 4. The molecule has 0 aliphatic rings. The van der Waals surface area contributed by atoms with Gasteiger partial charge in [-0.15, -0.1) is 0 Å². The smallest absolute Gasteiger partial charge is 0.237 e. The highest BCUT2D eigenvalue weighted by molar-refractivity contribution is 5.34. The highest BCUT2D eigenvalue weighted by Gasteiger charge is 1.99. The van der Waals surface area contributed by atoms with E-state index in [9.17, 15) is 0 Å². The normalized spacial score (nSPS) is 10.1. The molecule has 0 aliphatic carbocycles. The fraction of sp³-hybridized carbons (Fsp3) is 0.0667. The minimum Gasteiger partial charge on any atom is -0.438 e. The lowest BCUT2D eigenvalue weighted by molar-refractivity contribution is 0.460. The molecule has 1 N–H and O–H groups in total. The van der Waals surface area contributed by atoms with Crippen molar-refractivity contribution in [3.05, 3.63) is 67.0 Å². The van der Waals surface area contributed by atoms with Gasteiger partial charge < -0.3 is 10.1 Å². The van der Waals surface area contributed by atoms with Crippen molar-refractivity contribution in [2.45, 2.75) is 6.54 Å². The second-order valence-corrected chi connectivity index (χ2v) is 4.23. The maximum absolute atomic E-state index is 5.58. The zero-order chi connectivity index (χ0) is 14.3. The van der Waals surface area contributed by atoms with Crippen molar-refractivity contribution in [3.63, 3.8) is 0 Å². The highest BCUT2D eigenvalue weighted by atomic mass is 16.5. The number of rotatable bonds is 5. The third kappa shape index (κ3) is 3.73. The molecule has 0 saturated heterocycles. The fourth-order valence-corrected chi connectivity index (χ4v) is 1.72. The Balaban J connectivity index is 1.59. The monoisotopic (exact) mass is 279 g/mol. The molecule has 0 atom stereocenters. The van der Waals surface area contributed by atoms with E-state index in [1.165, 1.54) is 0 Å². The Bertz CT molecular complexity index is 673. The lowest BCUT2D eigenvalue weighted by Gasteiger charge is -2.07. The van der Waals surface area contributed by atoms with Crippen LogP contribution in [-0.4, -0.2) is 19.9 Å². The molecular formula is C15H13N5O. The second-order valence-electron chi connectivity index (χ2n) is 4.23. The maximum atomic E-state index is 5.58. The van der Waals surface area contributed by atoms with E-state index < -0.39 is 0 Å². The molecule has 0 bridgehead atoms. The molecule has 0 fully saturated rings. The maximum Gasteiger partial charge on any atom is 0.237 e. The number of ether oxygens (including phenoxy) is 1. The summed E-state index contributed by atoms with van der Waals surface area (Å²) >= 11 is 0. The van der Waals surface area contributed by atoms with Gasteiger partial charge >= 0.3 is 0 Å². The van der Waals surface area contributed by atoms with Crippen LogP contribution in [0.15, 0.2) is 61.4 Å². The first-order chi connectivity index (χ1) is 10.4. The van der Waals surface area contributed by atoms with E-state index in [4.69, 9.17) is 4.74 Å². The zero-order valence-electron chi connectivity index (χ0n) is 11.2. The minimum absolute atomic E-state index is 0.475. The molecule has 0 amide bonds. The molecular weight excluding hydrogens is 266 g/mol. The Hall–Kier alpha value is -3.02. The first-order valence-corrected chi connectivity index (χ1v) is 6.43. The quantitative estimate of drug-likeness (QED) is 0.774. The molecule has 0 unspecified atom stereocenters. The molecule has 21 heavy (non-hydrogen) atoms. The molecule has 3 rings (SSSR count). The van der Waals surface area contributed by atoms with Crippen LogP contribution in [0.5, 0.6) is 11.6 Å². The van der Waals surface area contributed by atoms with Crippen LogP contribution in [0.2, 0.25) is 0 Å². The van der Waals surface area contributed by atoms with Gasteiger partial charge in [0, 0.05) is 31.3 Å². The number of aromatic nitrogens is 4. The molecule has 3 aromatic rings. The molecule has 2 aromatic heterocycles. The van der Waals surface area contributed by atoms with Gasteiger partial charge in [-0.1, -0.05) is 12.1 Å². The summed E-state index contributed by atoms with van der Waals surface area (Å²) in [7, 11) is 0. The number of hydrogen-bond donors (Lipinski definition) is 1. The fourth-order valence-electron chi connectivity index (χ4n) is 1.72. The van der Waals surface area contributed by atoms with Crippen molar-refractivity contribution in [3.8, 4) is 11.6 Å². The zero-order valence-corrected chi connectivity index (χ0v) is 11.2. The number of hydrogen-bond acceptors (Lipinski definition) is 6. The summed E-state index contributed by atoms with van der Waals surface area (Å²) in [5.41, 5.74) is 1.12. The average molecular weight is 279 g/mol. The van der Waals surface area contributed by atoms with Crippen molar-refractivity contribution in [1.82, 2.24) is 19.9 Å². The van der Waals surface area contributed by atoms with E-state index in [1.54, 1.807) is 37.2 Å². The van der Waals surface area contributed by atoms with Crippen LogP contribution in [0.1, 0.15) is 5.56 Å². The number of benzene rings is 1. The number of nitrogens with one attached hydrogen (secondary N) is 1. The van der Waals surface area contributed by atoms with Crippen molar-refractivity contribution in [2.75, 3.05) is 5.32 Å². The summed E-state index contributed by atoms with van der Waals surface area (Å²) in [6, 6.07) is 7.74. The lowest BCUT2D eigenvalue weighted by Crippen LogP contribution is -2.01. The molecule has 104 valence electrons. The van der Waals surface area contributed by atoms with Crippen LogP contribution in [-0.2, 0) is 6.54 Å². The van der Waals surface area contributed by atoms with Crippen molar-refractivity contribution in [1.29, 1.82) is 0 Å². The van der Waals surface area contributed by atoms with Gasteiger partial charge in [-0.25, -0.2) is 9.97 Å². The minimum atomic E-state index is 0.475. The van der Waals surface area contributed by atoms with E-state index in [2.05, 4.69) is 25.3 Å². The average Bonchev–Trinajstić information content (AvgIpc) is 2.56. The van der Waals surface area contributed by atoms with Gasteiger partial charge in [-0.05, 0) is 17.7 Å². The predicted octanol–water partition coefficient (Wildman–Crippen LogP) is 2.67.